The second-order valence-corrected chi connectivity index (χ2v) is 7.42. The predicted octanol–water partition coefficient (Wildman–Crippen LogP) is -0.452. The van der Waals surface area contributed by atoms with Crippen LogP contribution in [0.2, 0.25) is 0 Å². The van der Waals surface area contributed by atoms with Crippen LogP contribution in [0.4, 0.5) is 0 Å². The van der Waals surface area contributed by atoms with E-state index in [1.54, 1.807) is 20.8 Å². The molecule has 1 N–H and O–H groups in total. The maximum atomic E-state index is 12.1. The van der Waals surface area contributed by atoms with E-state index in [0.717, 1.165) is 0 Å². The minimum atomic E-state index is -3.10. The van der Waals surface area contributed by atoms with E-state index in [1.165, 1.54) is 4.90 Å². The number of amides is 2. The molecule has 6 nitrogen and oxygen atoms in total. The summed E-state index contributed by atoms with van der Waals surface area (Å²) in [6.45, 7) is 5.25. The van der Waals surface area contributed by atoms with Gasteiger partial charge in [-0.2, -0.15) is 0 Å². The number of rotatable bonds is 4. The first-order valence-electron chi connectivity index (χ1n) is 5.99. The van der Waals surface area contributed by atoms with Crippen LogP contribution in [0.25, 0.3) is 0 Å². The fraction of sp³-hybridized carbons (Fsp3) is 0.818. The van der Waals surface area contributed by atoms with Crippen LogP contribution in [0.1, 0.15) is 27.2 Å². The number of carbonyl (C=O) groups excluding carboxylic acids is 2. The van der Waals surface area contributed by atoms with E-state index in [2.05, 4.69) is 5.32 Å². The van der Waals surface area contributed by atoms with Crippen molar-refractivity contribution >= 4 is 21.7 Å². The fourth-order valence-corrected chi connectivity index (χ4v) is 2.59. The second kappa shape index (κ2) is 5.26. The molecule has 104 valence electrons. The van der Waals surface area contributed by atoms with Gasteiger partial charge in [-0.25, -0.2) is 8.42 Å². The first kappa shape index (κ1) is 14.9. The van der Waals surface area contributed by atoms with Crippen molar-refractivity contribution in [1.29, 1.82) is 0 Å². The van der Waals surface area contributed by atoms with Crippen molar-refractivity contribution in [2.45, 2.75) is 32.7 Å². The molecule has 1 saturated heterocycles. The molecule has 0 unspecified atom stereocenters. The van der Waals surface area contributed by atoms with Crippen LogP contribution in [0.3, 0.4) is 0 Å². The van der Waals surface area contributed by atoms with E-state index >= 15 is 0 Å². The highest BCUT2D eigenvalue weighted by Gasteiger charge is 2.36. The third-order valence-electron chi connectivity index (χ3n) is 2.99. The zero-order chi connectivity index (χ0) is 14.0. The molecule has 0 bridgehead atoms. The van der Waals surface area contributed by atoms with Crippen LogP contribution in [-0.2, 0) is 19.4 Å². The van der Waals surface area contributed by atoms with Crippen molar-refractivity contribution < 1.29 is 18.0 Å². The Labute approximate surface area is 108 Å². The largest absolute Gasteiger partial charge is 0.342 e. The highest BCUT2D eigenvalue weighted by molar-refractivity contribution is 7.91. The van der Waals surface area contributed by atoms with Gasteiger partial charge in [0.25, 0.3) is 0 Å². The lowest BCUT2D eigenvalue weighted by Crippen LogP contribution is -2.53. The maximum absolute atomic E-state index is 12.1. The highest BCUT2D eigenvalue weighted by Crippen LogP contribution is 2.13. The zero-order valence-corrected chi connectivity index (χ0v) is 11.8. The molecule has 0 aliphatic carbocycles. The third-order valence-corrected chi connectivity index (χ3v) is 4.68. The maximum Gasteiger partial charge on any atom is 0.247 e. The number of nitrogens with one attached hydrogen (secondary N) is 1. The lowest BCUT2D eigenvalue weighted by Gasteiger charge is -2.28. The monoisotopic (exact) mass is 276 g/mol. The molecule has 0 aromatic heterocycles. The highest BCUT2D eigenvalue weighted by atomic mass is 32.2. The molecule has 0 spiro atoms. The SMILES string of the molecule is CCS(=O)(=O)CCN1CCC(=O)NC(C)(C)C1=O. The minimum Gasteiger partial charge on any atom is -0.342 e. The lowest BCUT2D eigenvalue weighted by atomic mass is 10.0. The van der Waals surface area contributed by atoms with Gasteiger partial charge in [0.1, 0.15) is 5.54 Å². The Balaban J connectivity index is 2.76. The molecule has 0 aromatic rings. The molecular weight excluding hydrogens is 256 g/mol. The molecule has 1 aliphatic rings. The molecule has 0 aromatic carbocycles. The van der Waals surface area contributed by atoms with E-state index < -0.39 is 15.4 Å². The van der Waals surface area contributed by atoms with E-state index in [0.29, 0.717) is 0 Å². The summed E-state index contributed by atoms with van der Waals surface area (Å²) in [5.74, 6) is -0.413. The van der Waals surface area contributed by atoms with Gasteiger partial charge in [0, 0.05) is 25.3 Å². The number of carbonyl (C=O) groups is 2. The quantitative estimate of drug-likeness (QED) is 0.753. The summed E-state index contributed by atoms with van der Waals surface area (Å²) in [5, 5.41) is 2.63. The first-order valence-corrected chi connectivity index (χ1v) is 7.81. The van der Waals surface area contributed by atoms with Gasteiger partial charge in [-0.05, 0) is 13.8 Å². The molecular formula is C11H20N2O4S. The Morgan fingerprint density at radius 2 is 1.94 bits per heavy atom. The second-order valence-electron chi connectivity index (χ2n) is 4.95. The number of sulfone groups is 1. The first-order chi connectivity index (χ1) is 8.18. The van der Waals surface area contributed by atoms with Crippen LogP contribution < -0.4 is 5.32 Å². The number of hydrogen-bond donors (Lipinski definition) is 1. The molecule has 18 heavy (non-hydrogen) atoms. The van der Waals surface area contributed by atoms with Crippen LogP contribution in [0.5, 0.6) is 0 Å². The fourth-order valence-electron chi connectivity index (χ4n) is 1.80. The van der Waals surface area contributed by atoms with E-state index in [1.807, 2.05) is 0 Å². The molecule has 2 amide bonds. The Morgan fingerprint density at radius 3 is 2.50 bits per heavy atom. The van der Waals surface area contributed by atoms with Gasteiger partial charge in [0.05, 0.1) is 5.75 Å². The standard InChI is InChI=1S/C11H20N2O4S/c1-4-18(16,17)8-7-13-6-5-9(14)12-11(2,3)10(13)15/h4-8H2,1-3H3,(H,12,14). The third kappa shape index (κ3) is 3.69. The van der Waals surface area contributed by atoms with Gasteiger partial charge in [-0.15, -0.1) is 0 Å². The van der Waals surface area contributed by atoms with Crippen LogP contribution in [0.15, 0.2) is 0 Å². The van der Waals surface area contributed by atoms with E-state index in [9.17, 15) is 18.0 Å². The van der Waals surface area contributed by atoms with Crippen molar-refractivity contribution in [2.75, 3.05) is 24.6 Å². The van der Waals surface area contributed by atoms with Gasteiger partial charge in [0.15, 0.2) is 9.84 Å². The van der Waals surface area contributed by atoms with E-state index in [4.69, 9.17) is 0 Å². The van der Waals surface area contributed by atoms with Crippen LogP contribution in [0, 0.1) is 0 Å². The Kier molecular flexibility index (Phi) is 4.37. The van der Waals surface area contributed by atoms with Crippen molar-refractivity contribution in [3.8, 4) is 0 Å². The zero-order valence-electron chi connectivity index (χ0n) is 11.0. The molecule has 1 heterocycles. The summed E-state index contributed by atoms with van der Waals surface area (Å²) in [6.07, 6.45) is 0.210. The van der Waals surface area contributed by atoms with Crippen molar-refractivity contribution in [3.05, 3.63) is 0 Å². The summed E-state index contributed by atoms with van der Waals surface area (Å²) in [7, 11) is -3.10. The van der Waals surface area contributed by atoms with Crippen molar-refractivity contribution in [1.82, 2.24) is 10.2 Å². The molecule has 1 fully saturated rings. The van der Waals surface area contributed by atoms with E-state index in [-0.39, 0.29) is 42.8 Å². The average Bonchev–Trinajstić information content (AvgIpc) is 2.36. The van der Waals surface area contributed by atoms with Crippen LogP contribution in [-0.4, -0.2) is 55.3 Å². The number of nitrogens with zero attached hydrogens (tertiary/aromatic N) is 1. The van der Waals surface area contributed by atoms with Crippen molar-refractivity contribution in [2.24, 2.45) is 0 Å². The topological polar surface area (TPSA) is 83.6 Å². The minimum absolute atomic E-state index is 0.0560. The predicted molar refractivity (Wildman–Crippen MR) is 67.7 cm³/mol. The number of hydrogen-bond acceptors (Lipinski definition) is 4. The summed E-state index contributed by atoms with van der Waals surface area (Å²) < 4.78 is 22.9. The molecule has 0 radical (unpaired) electrons. The summed E-state index contributed by atoms with van der Waals surface area (Å²) in [4.78, 5) is 25.0. The average molecular weight is 276 g/mol. The molecule has 7 heteroatoms. The summed E-state index contributed by atoms with van der Waals surface area (Å²) in [5.41, 5.74) is -0.969. The Hall–Kier alpha value is -1.11. The Morgan fingerprint density at radius 1 is 1.33 bits per heavy atom. The smallest absolute Gasteiger partial charge is 0.247 e. The molecule has 0 atom stereocenters. The van der Waals surface area contributed by atoms with Gasteiger partial charge < -0.3 is 10.2 Å². The lowest BCUT2D eigenvalue weighted by molar-refractivity contribution is -0.137. The van der Waals surface area contributed by atoms with Gasteiger partial charge in [-0.1, -0.05) is 6.92 Å². The van der Waals surface area contributed by atoms with Gasteiger partial charge in [0.2, 0.25) is 11.8 Å². The molecule has 0 saturated carbocycles. The molecule has 1 aliphatic heterocycles. The van der Waals surface area contributed by atoms with Gasteiger partial charge >= 0.3 is 0 Å². The van der Waals surface area contributed by atoms with Crippen molar-refractivity contribution in [3.63, 3.8) is 0 Å². The summed E-state index contributed by atoms with van der Waals surface area (Å²) in [6, 6.07) is 0. The normalized spacial score (nSPS) is 20.5. The van der Waals surface area contributed by atoms with Gasteiger partial charge in [-0.3, -0.25) is 9.59 Å². The molecule has 1 rings (SSSR count). The summed E-state index contributed by atoms with van der Waals surface area (Å²) >= 11 is 0. The van der Waals surface area contributed by atoms with Crippen LogP contribution >= 0.6 is 0 Å². The Bertz CT molecular complexity index is 442.